The van der Waals surface area contributed by atoms with Crippen LogP contribution in [0.15, 0.2) is 0 Å². The molecule has 0 bridgehead atoms. The van der Waals surface area contributed by atoms with E-state index < -0.39 is 0 Å². The molecule has 21 heavy (non-hydrogen) atoms. The lowest BCUT2D eigenvalue weighted by atomic mass is 10.1. The Bertz CT molecular complexity index is 323. The number of nitrogens with one attached hydrogen (secondary N) is 1. The molecule has 1 aliphatic heterocycles. The molecule has 0 saturated carbocycles. The van der Waals surface area contributed by atoms with E-state index in [-0.39, 0.29) is 17.9 Å². The van der Waals surface area contributed by atoms with E-state index in [0.29, 0.717) is 32.8 Å². The highest BCUT2D eigenvalue weighted by molar-refractivity contribution is 5.81. The molecule has 0 aromatic carbocycles. The summed E-state index contributed by atoms with van der Waals surface area (Å²) in [6.07, 6.45) is 3.28. The SMILES string of the molecule is CCNC(=O)C1COCCN1CCCCCC(=O)OCC. The standard InChI is InChI=1S/C15H28N2O4/c1-3-16-15(19)13-12-20-11-10-17(13)9-7-5-6-8-14(18)21-4-2/h13H,3-12H2,1-2H3,(H,16,19). The average Bonchev–Trinajstić information content (AvgIpc) is 2.48. The van der Waals surface area contributed by atoms with Gasteiger partial charge in [0.25, 0.3) is 0 Å². The molecule has 0 spiro atoms. The maximum Gasteiger partial charge on any atom is 0.305 e. The van der Waals surface area contributed by atoms with Crippen molar-refractivity contribution in [2.45, 2.75) is 45.6 Å². The Balaban J connectivity index is 2.22. The number of carbonyl (C=O) groups is 2. The van der Waals surface area contributed by atoms with Gasteiger partial charge in [0.1, 0.15) is 6.04 Å². The van der Waals surface area contributed by atoms with Gasteiger partial charge in [-0.15, -0.1) is 0 Å². The summed E-state index contributed by atoms with van der Waals surface area (Å²) in [5.74, 6) is -0.0761. The zero-order valence-corrected chi connectivity index (χ0v) is 13.2. The molecule has 0 radical (unpaired) electrons. The van der Waals surface area contributed by atoms with E-state index in [1.54, 1.807) is 0 Å². The molecular weight excluding hydrogens is 272 g/mol. The van der Waals surface area contributed by atoms with Gasteiger partial charge < -0.3 is 14.8 Å². The van der Waals surface area contributed by atoms with Crippen LogP contribution < -0.4 is 5.32 Å². The van der Waals surface area contributed by atoms with Gasteiger partial charge in [0, 0.05) is 19.5 Å². The number of unbranched alkanes of at least 4 members (excludes halogenated alkanes) is 2. The maximum absolute atomic E-state index is 12.0. The number of likely N-dealkylation sites (N-methyl/N-ethyl adjacent to an activating group) is 1. The fourth-order valence-electron chi connectivity index (χ4n) is 2.43. The molecule has 6 heteroatoms. The van der Waals surface area contributed by atoms with Crippen molar-refractivity contribution in [2.75, 3.05) is 39.5 Å². The van der Waals surface area contributed by atoms with Crippen molar-refractivity contribution in [3.05, 3.63) is 0 Å². The lowest BCUT2D eigenvalue weighted by molar-refractivity contribution is -0.143. The van der Waals surface area contributed by atoms with Gasteiger partial charge in [0.2, 0.25) is 5.91 Å². The van der Waals surface area contributed by atoms with Crippen LogP contribution in [0, 0.1) is 0 Å². The zero-order chi connectivity index (χ0) is 15.5. The largest absolute Gasteiger partial charge is 0.466 e. The molecule has 0 aliphatic carbocycles. The van der Waals surface area contributed by atoms with Crippen molar-refractivity contribution in [3.8, 4) is 0 Å². The van der Waals surface area contributed by atoms with Crippen LogP contribution in [0.1, 0.15) is 39.5 Å². The maximum atomic E-state index is 12.0. The number of carbonyl (C=O) groups excluding carboxylic acids is 2. The third-order valence-corrected chi connectivity index (χ3v) is 3.52. The van der Waals surface area contributed by atoms with Gasteiger partial charge in [-0.3, -0.25) is 14.5 Å². The third-order valence-electron chi connectivity index (χ3n) is 3.52. The third kappa shape index (κ3) is 6.91. The van der Waals surface area contributed by atoms with E-state index in [9.17, 15) is 9.59 Å². The first-order valence-corrected chi connectivity index (χ1v) is 7.94. The first-order valence-electron chi connectivity index (χ1n) is 7.94. The Labute approximate surface area is 127 Å². The Morgan fingerprint density at radius 2 is 2.10 bits per heavy atom. The molecular formula is C15H28N2O4. The predicted molar refractivity (Wildman–Crippen MR) is 80.0 cm³/mol. The van der Waals surface area contributed by atoms with Gasteiger partial charge in [-0.05, 0) is 33.2 Å². The predicted octanol–water partition coefficient (Wildman–Crippen LogP) is 0.947. The van der Waals surface area contributed by atoms with Gasteiger partial charge >= 0.3 is 5.97 Å². The fraction of sp³-hybridized carbons (Fsp3) is 0.867. The minimum atomic E-state index is -0.177. The van der Waals surface area contributed by atoms with E-state index >= 15 is 0 Å². The van der Waals surface area contributed by atoms with Crippen LogP contribution in [-0.4, -0.2) is 62.3 Å². The number of hydrogen-bond acceptors (Lipinski definition) is 5. The number of esters is 1. The summed E-state index contributed by atoms with van der Waals surface area (Å²) in [5, 5.41) is 2.85. The summed E-state index contributed by atoms with van der Waals surface area (Å²) in [5.41, 5.74) is 0. The van der Waals surface area contributed by atoms with Crippen LogP contribution in [0.25, 0.3) is 0 Å². The minimum absolute atomic E-state index is 0.0451. The molecule has 1 N–H and O–H groups in total. The highest BCUT2D eigenvalue weighted by Gasteiger charge is 2.28. The Kier molecular flexibility index (Phi) is 9.01. The quantitative estimate of drug-likeness (QED) is 0.507. The van der Waals surface area contributed by atoms with E-state index in [4.69, 9.17) is 9.47 Å². The first kappa shape index (κ1) is 17.9. The number of ether oxygens (including phenoxy) is 2. The number of rotatable bonds is 9. The van der Waals surface area contributed by atoms with Crippen LogP contribution >= 0.6 is 0 Å². The van der Waals surface area contributed by atoms with Crippen LogP contribution in [0.4, 0.5) is 0 Å². The molecule has 122 valence electrons. The second-order valence-electron chi connectivity index (χ2n) is 5.14. The smallest absolute Gasteiger partial charge is 0.305 e. The van der Waals surface area contributed by atoms with Gasteiger partial charge in [-0.1, -0.05) is 6.42 Å². The average molecular weight is 300 g/mol. The van der Waals surface area contributed by atoms with Crippen molar-refractivity contribution in [3.63, 3.8) is 0 Å². The fourth-order valence-corrected chi connectivity index (χ4v) is 2.43. The van der Waals surface area contributed by atoms with Crippen LogP contribution in [0.2, 0.25) is 0 Å². The summed E-state index contributed by atoms with van der Waals surface area (Å²) in [4.78, 5) is 25.4. The number of hydrogen-bond donors (Lipinski definition) is 1. The monoisotopic (exact) mass is 300 g/mol. The lowest BCUT2D eigenvalue weighted by Crippen LogP contribution is -2.53. The van der Waals surface area contributed by atoms with Crippen molar-refractivity contribution in [2.24, 2.45) is 0 Å². The molecule has 6 nitrogen and oxygen atoms in total. The lowest BCUT2D eigenvalue weighted by Gasteiger charge is -2.34. The molecule has 1 amide bonds. The first-order chi connectivity index (χ1) is 10.2. The van der Waals surface area contributed by atoms with E-state index in [0.717, 1.165) is 32.4 Å². The van der Waals surface area contributed by atoms with Crippen molar-refractivity contribution < 1.29 is 19.1 Å². The van der Waals surface area contributed by atoms with Gasteiger partial charge in [-0.2, -0.15) is 0 Å². The summed E-state index contributed by atoms with van der Waals surface area (Å²) in [7, 11) is 0. The van der Waals surface area contributed by atoms with Crippen molar-refractivity contribution >= 4 is 11.9 Å². The molecule has 1 saturated heterocycles. The van der Waals surface area contributed by atoms with Gasteiger partial charge in [-0.25, -0.2) is 0 Å². The Morgan fingerprint density at radius 1 is 1.29 bits per heavy atom. The molecule has 1 fully saturated rings. The molecule has 1 atom stereocenters. The molecule has 0 aromatic rings. The molecule has 1 rings (SSSR count). The number of nitrogens with zero attached hydrogens (tertiary/aromatic N) is 1. The van der Waals surface area contributed by atoms with Crippen LogP contribution in [0.5, 0.6) is 0 Å². The zero-order valence-electron chi connectivity index (χ0n) is 13.2. The number of morpholine rings is 1. The Morgan fingerprint density at radius 3 is 2.81 bits per heavy atom. The summed E-state index contributed by atoms with van der Waals surface area (Å²) < 4.78 is 10.3. The summed E-state index contributed by atoms with van der Waals surface area (Å²) in [6.45, 7) is 7.63. The van der Waals surface area contributed by atoms with Gasteiger partial charge in [0.05, 0.1) is 19.8 Å². The van der Waals surface area contributed by atoms with Crippen molar-refractivity contribution in [1.29, 1.82) is 0 Å². The van der Waals surface area contributed by atoms with E-state index in [1.165, 1.54) is 0 Å². The van der Waals surface area contributed by atoms with Crippen LogP contribution in [0.3, 0.4) is 0 Å². The number of amides is 1. The highest BCUT2D eigenvalue weighted by Crippen LogP contribution is 2.10. The minimum Gasteiger partial charge on any atom is -0.466 e. The van der Waals surface area contributed by atoms with E-state index in [2.05, 4.69) is 10.2 Å². The van der Waals surface area contributed by atoms with E-state index in [1.807, 2.05) is 13.8 Å². The second-order valence-corrected chi connectivity index (χ2v) is 5.14. The topological polar surface area (TPSA) is 67.9 Å². The van der Waals surface area contributed by atoms with Crippen LogP contribution in [-0.2, 0) is 19.1 Å². The normalized spacial score (nSPS) is 19.2. The highest BCUT2D eigenvalue weighted by atomic mass is 16.5. The molecule has 1 unspecified atom stereocenters. The Hall–Kier alpha value is -1.14. The van der Waals surface area contributed by atoms with Gasteiger partial charge in [0.15, 0.2) is 0 Å². The molecule has 1 heterocycles. The summed E-state index contributed by atoms with van der Waals surface area (Å²) >= 11 is 0. The molecule has 0 aromatic heterocycles. The summed E-state index contributed by atoms with van der Waals surface area (Å²) in [6, 6.07) is -0.177. The molecule has 1 aliphatic rings. The second kappa shape index (κ2) is 10.6. The van der Waals surface area contributed by atoms with Crippen molar-refractivity contribution in [1.82, 2.24) is 10.2 Å².